The summed E-state index contributed by atoms with van der Waals surface area (Å²) < 4.78 is 5.30. The summed E-state index contributed by atoms with van der Waals surface area (Å²) in [7, 11) is 1.73. The Hall–Kier alpha value is -0.500. The van der Waals surface area contributed by atoms with Crippen LogP contribution in [0.25, 0.3) is 0 Å². The molecule has 1 aromatic rings. The van der Waals surface area contributed by atoms with Gasteiger partial charge in [-0.2, -0.15) is 0 Å². The lowest BCUT2D eigenvalue weighted by atomic mass is 10.0. The number of methoxy groups -OCH3 is 1. The predicted octanol–water partition coefficient (Wildman–Crippen LogP) is 6.19. The number of alkyl halides is 1. The molecule has 0 aliphatic carbocycles. The number of halogens is 1. The molecule has 19 heavy (non-hydrogen) atoms. The fourth-order valence-electron chi connectivity index (χ4n) is 2.37. The summed E-state index contributed by atoms with van der Waals surface area (Å²) in [4.78, 5) is 0.475. The Kier molecular flexibility index (Phi) is 8.20. The monoisotopic (exact) mass is 326 g/mol. The van der Waals surface area contributed by atoms with E-state index in [-0.39, 0.29) is 0 Å². The van der Waals surface area contributed by atoms with Gasteiger partial charge >= 0.3 is 0 Å². The van der Waals surface area contributed by atoms with Crippen molar-refractivity contribution in [3.8, 4) is 5.75 Å². The molecule has 1 rings (SSSR count). The van der Waals surface area contributed by atoms with Crippen molar-refractivity contribution >= 4 is 15.9 Å². The molecule has 0 aliphatic rings. The average molecular weight is 327 g/mol. The number of unbranched alkanes of at least 4 members (excludes halogenated alkanes) is 5. The summed E-state index contributed by atoms with van der Waals surface area (Å²) in [5, 5.41) is 0. The molecule has 0 saturated carbocycles. The van der Waals surface area contributed by atoms with Gasteiger partial charge in [0.05, 0.1) is 7.11 Å². The lowest BCUT2D eigenvalue weighted by Gasteiger charge is -2.12. The van der Waals surface area contributed by atoms with E-state index in [4.69, 9.17) is 4.74 Å². The van der Waals surface area contributed by atoms with E-state index in [0.29, 0.717) is 4.83 Å². The Balaban J connectivity index is 2.33. The van der Waals surface area contributed by atoms with Crippen LogP contribution >= 0.6 is 15.9 Å². The second-order valence-corrected chi connectivity index (χ2v) is 6.36. The van der Waals surface area contributed by atoms with Gasteiger partial charge in [0, 0.05) is 4.83 Å². The van der Waals surface area contributed by atoms with Crippen LogP contribution in [0.3, 0.4) is 0 Å². The summed E-state index contributed by atoms with van der Waals surface area (Å²) in [5.41, 5.74) is 2.58. The molecule has 1 unspecified atom stereocenters. The summed E-state index contributed by atoms with van der Waals surface area (Å²) >= 11 is 3.81. The largest absolute Gasteiger partial charge is 0.496 e. The Labute approximate surface area is 126 Å². The van der Waals surface area contributed by atoms with Gasteiger partial charge in [-0.1, -0.05) is 73.5 Å². The molecule has 0 radical (unpaired) electrons. The highest BCUT2D eigenvalue weighted by atomic mass is 79.9. The number of benzene rings is 1. The van der Waals surface area contributed by atoms with Gasteiger partial charge in [-0.05, 0) is 30.5 Å². The van der Waals surface area contributed by atoms with Gasteiger partial charge in [0.25, 0.3) is 0 Å². The molecule has 0 bridgehead atoms. The maximum Gasteiger partial charge on any atom is 0.121 e. The highest BCUT2D eigenvalue weighted by Gasteiger charge is 2.09. The van der Waals surface area contributed by atoms with Crippen molar-refractivity contribution in [3.63, 3.8) is 0 Å². The first kappa shape index (κ1) is 16.6. The van der Waals surface area contributed by atoms with Crippen molar-refractivity contribution in [2.24, 2.45) is 0 Å². The van der Waals surface area contributed by atoms with Gasteiger partial charge in [-0.3, -0.25) is 0 Å². The number of aryl methyl sites for hydroxylation is 1. The van der Waals surface area contributed by atoms with Gasteiger partial charge in [0.1, 0.15) is 5.75 Å². The fourth-order valence-corrected chi connectivity index (χ4v) is 2.98. The first-order valence-corrected chi connectivity index (χ1v) is 8.39. The van der Waals surface area contributed by atoms with Crippen molar-refractivity contribution in [3.05, 3.63) is 29.3 Å². The second-order valence-electron chi connectivity index (χ2n) is 5.25. The molecule has 0 aromatic heterocycles. The third kappa shape index (κ3) is 5.99. The zero-order valence-corrected chi connectivity index (χ0v) is 14.1. The third-order valence-electron chi connectivity index (χ3n) is 3.59. The standard InChI is InChI=1S/C17H27BrO/c1-4-5-6-7-8-9-10-16(18)15-11-12-17(19-3)14(2)13-15/h11-13,16H,4-10H2,1-3H3. The molecule has 1 atom stereocenters. The van der Waals surface area contributed by atoms with Crippen molar-refractivity contribution in [1.82, 2.24) is 0 Å². The number of hydrogen-bond acceptors (Lipinski definition) is 1. The van der Waals surface area contributed by atoms with Crippen LogP contribution in [-0.4, -0.2) is 7.11 Å². The lowest BCUT2D eigenvalue weighted by Crippen LogP contribution is -1.94. The van der Waals surface area contributed by atoms with Gasteiger partial charge in [0.15, 0.2) is 0 Å². The quantitative estimate of drug-likeness (QED) is 0.388. The average Bonchev–Trinajstić information content (AvgIpc) is 2.42. The summed E-state index contributed by atoms with van der Waals surface area (Å²) in [6.45, 7) is 4.37. The van der Waals surface area contributed by atoms with Crippen LogP contribution in [0.4, 0.5) is 0 Å². The van der Waals surface area contributed by atoms with Crippen LogP contribution in [0.15, 0.2) is 18.2 Å². The minimum absolute atomic E-state index is 0.475. The van der Waals surface area contributed by atoms with E-state index in [1.165, 1.54) is 56.1 Å². The highest BCUT2D eigenvalue weighted by molar-refractivity contribution is 9.09. The maximum absolute atomic E-state index is 5.30. The summed E-state index contributed by atoms with van der Waals surface area (Å²) in [6.07, 6.45) is 9.38. The van der Waals surface area contributed by atoms with Gasteiger partial charge in [-0.15, -0.1) is 0 Å². The summed E-state index contributed by atoms with van der Waals surface area (Å²) in [6, 6.07) is 6.47. The Bertz CT molecular complexity index is 362. The smallest absolute Gasteiger partial charge is 0.121 e. The number of ether oxygens (including phenoxy) is 1. The van der Waals surface area contributed by atoms with Crippen LogP contribution < -0.4 is 4.74 Å². The minimum Gasteiger partial charge on any atom is -0.496 e. The van der Waals surface area contributed by atoms with Crippen molar-refractivity contribution in [2.45, 2.75) is 63.6 Å². The van der Waals surface area contributed by atoms with Crippen LogP contribution in [0.5, 0.6) is 5.75 Å². The highest BCUT2D eigenvalue weighted by Crippen LogP contribution is 2.31. The zero-order chi connectivity index (χ0) is 14.1. The molecule has 0 N–H and O–H groups in total. The minimum atomic E-state index is 0.475. The normalized spacial score (nSPS) is 12.4. The van der Waals surface area contributed by atoms with Crippen molar-refractivity contribution in [2.75, 3.05) is 7.11 Å². The van der Waals surface area contributed by atoms with Crippen molar-refractivity contribution in [1.29, 1.82) is 0 Å². The van der Waals surface area contributed by atoms with Crippen LogP contribution in [0, 0.1) is 6.92 Å². The molecule has 0 amide bonds. The van der Waals surface area contributed by atoms with E-state index in [9.17, 15) is 0 Å². The Morgan fingerprint density at radius 1 is 1.11 bits per heavy atom. The molecule has 2 heteroatoms. The zero-order valence-electron chi connectivity index (χ0n) is 12.5. The van der Waals surface area contributed by atoms with Gasteiger partial charge in [-0.25, -0.2) is 0 Å². The van der Waals surface area contributed by atoms with E-state index in [1.807, 2.05) is 0 Å². The first-order chi connectivity index (χ1) is 9.19. The predicted molar refractivity (Wildman–Crippen MR) is 87.4 cm³/mol. The number of hydrogen-bond donors (Lipinski definition) is 0. The topological polar surface area (TPSA) is 9.23 Å². The summed E-state index contributed by atoms with van der Waals surface area (Å²) in [5.74, 6) is 0.975. The molecular formula is C17H27BrO. The molecule has 0 spiro atoms. The van der Waals surface area contributed by atoms with Crippen molar-refractivity contribution < 1.29 is 4.74 Å². The van der Waals surface area contributed by atoms with Crippen LogP contribution in [0.2, 0.25) is 0 Å². The van der Waals surface area contributed by atoms with Crippen LogP contribution in [-0.2, 0) is 0 Å². The van der Waals surface area contributed by atoms with E-state index in [2.05, 4.69) is 48.0 Å². The molecule has 0 heterocycles. The van der Waals surface area contributed by atoms with E-state index in [0.717, 1.165) is 5.75 Å². The SMILES string of the molecule is CCCCCCCCC(Br)c1ccc(OC)c(C)c1. The third-order valence-corrected chi connectivity index (χ3v) is 4.58. The molecule has 1 nitrogen and oxygen atoms in total. The molecule has 0 saturated heterocycles. The maximum atomic E-state index is 5.30. The second kappa shape index (κ2) is 9.41. The molecule has 0 aliphatic heterocycles. The van der Waals surface area contributed by atoms with Crippen LogP contribution in [0.1, 0.15) is 67.8 Å². The first-order valence-electron chi connectivity index (χ1n) is 7.47. The van der Waals surface area contributed by atoms with E-state index < -0.39 is 0 Å². The molecule has 1 aromatic carbocycles. The lowest BCUT2D eigenvalue weighted by molar-refractivity contribution is 0.411. The van der Waals surface area contributed by atoms with E-state index in [1.54, 1.807) is 7.11 Å². The molecule has 0 fully saturated rings. The number of rotatable bonds is 9. The van der Waals surface area contributed by atoms with Gasteiger partial charge in [0.2, 0.25) is 0 Å². The Morgan fingerprint density at radius 3 is 2.42 bits per heavy atom. The molecular weight excluding hydrogens is 300 g/mol. The Morgan fingerprint density at radius 2 is 1.79 bits per heavy atom. The fraction of sp³-hybridized carbons (Fsp3) is 0.647. The van der Waals surface area contributed by atoms with E-state index >= 15 is 0 Å². The van der Waals surface area contributed by atoms with Gasteiger partial charge < -0.3 is 4.74 Å². The molecule has 108 valence electrons.